The highest BCUT2D eigenvalue weighted by molar-refractivity contribution is 6.08. The minimum atomic E-state index is -2.88. The number of carbonyl (C=O) groups is 3. The van der Waals surface area contributed by atoms with E-state index >= 15 is 0 Å². The van der Waals surface area contributed by atoms with Crippen LogP contribution < -0.4 is 22.1 Å². The van der Waals surface area contributed by atoms with E-state index in [4.69, 9.17) is 20.2 Å². The van der Waals surface area contributed by atoms with Crippen molar-refractivity contribution in [2.75, 3.05) is 18.5 Å². The van der Waals surface area contributed by atoms with Gasteiger partial charge in [-0.3, -0.25) is 33.5 Å². The fraction of sp³-hybridized carbons (Fsp3) is 0.553. The van der Waals surface area contributed by atoms with Crippen molar-refractivity contribution in [2.24, 2.45) is 30.5 Å². The number of nitrogens with zero attached hydrogens (tertiary/aromatic N) is 7. The molecule has 5 aromatic rings. The van der Waals surface area contributed by atoms with Gasteiger partial charge < -0.3 is 20.5 Å². The molecule has 6 heterocycles. The van der Waals surface area contributed by atoms with Gasteiger partial charge in [0.1, 0.15) is 18.2 Å². The van der Waals surface area contributed by atoms with Gasteiger partial charge in [0, 0.05) is 43.0 Å². The number of aromatic nitrogens is 7. The van der Waals surface area contributed by atoms with Crippen LogP contribution in [0.1, 0.15) is 136 Å². The molecule has 65 heavy (non-hydrogen) atoms. The fourth-order valence-electron chi connectivity index (χ4n) is 11.5. The van der Waals surface area contributed by atoms with Gasteiger partial charge in [0.15, 0.2) is 11.3 Å². The van der Waals surface area contributed by atoms with E-state index in [9.17, 15) is 28.0 Å². The van der Waals surface area contributed by atoms with E-state index in [-0.39, 0.29) is 77.9 Å². The first kappa shape index (κ1) is 43.1. The molecule has 4 aromatic heterocycles. The quantitative estimate of drug-likeness (QED) is 0.115. The number of rotatable bonds is 10. The van der Waals surface area contributed by atoms with Crippen LogP contribution in [0.3, 0.4) is 0 Å². The number of alkyl halides is 2. The maximum absolute atomic E-state index is 14.4. The topological polar surface area (TPSA) is 195 Å². The highest BCUT2D eigenvalue weighted by Crippen LogP contribution is 2.46. The second kappa shape index (κ2) is 17.2. The Kier molecular flexibility index (Phi) is 11.4. The lowest BCUT2D eigenvalue weighted by Gasteiger charge is -2.46. The molecule has 5 atom stereocenters. The zero-order chi connectivity index (χ0) is 45.1. The predicted molar refractivity (Wildman–Crippen MR) is 234 cm³/mol. The zero-order valence-electron chi connectivity index (χ0n) is 36.6. The molecule has 2 saturated heterocycles. The molecule has 16 nitrogen and oxygen atoms in total. The summed E-state index contributed by atoms with van der Waals surface area (Å²) in [4.78, 5) is 56.1. The maximum Gasteiger partial charge on any atom is 0.329 e. The molecule has 10 rings (SSSR count). The summed E-state index contributed by atoms with van der Waals surface area (Å²) in [7, 11) is 1.65. The Morgan fingerprint density at radius 1 is 1.09 bits per heavy atom. The Balaban J connectivity index is 0.725. The van der Waals surface area contributed by atoms with Crippen LogP contribution in [-0.4, -0.2) is 82.2 Å². The molecule has 0 spiro atoms. The Bertz CT molecular complexity index is 2780. The molecule has 4 N–H and O–H groups in total. The number of carbonyl (C=O) groups excluding carboxylic acids is 3. The first-order chi connectivity index (χ1) is 31.3. The van der Waals surface area contributed by atoms with E-state index in [0.717, 1.165) is 69.9 Å². The molecule has 3 aliphatic carbocycles. The number of para-hydroxylation sites is 1. The number of imide groups is 1. The average molecular weight is 893 g/mol. The Labute approximate surface area is 373 Å². The van der Waals surface area contributed by atoms with E-state index < -0.39 is 30.0 Å². The first-order valence-electron chi connectivity index (χ1n) is 22.9. The van der Waals surface area contributed by atoms with Crippen molar-refractivity contribution < 1.29 is 32.6 Å². The lowest BCUT2D eigenvalue weighted by molar-refractivity contribution is -0.135. The summed E-state index contributed by atoms with van der Waals surface area (Å²) in [6.07, 6.45) is 11.0. The van der Waals surface area contributed by atoms with Gasteiger partial charge in [-0.2, -0.15) is 10.2 Å². The number of halogens is 2. The van der Waals surface area contributed by atoms with Gasteiger partial charge in [-0.05, 0) is 107 Å². The minimum Gasteiger partial charge on any atom is -0.378 e. The molecule has 3 amide bonds. The number of hydrogen-bond donors (Lipinski definition) is 3. The van der Waals surface area contributed by atoms with Crippen molar-refractivity contribution in [3.63, 3.8) is 0 Å². The van der Waals surface area contributed by atoms with Gasteiger partial charge in [-0.15, -0.1) is 0 Å². The standard InChI is InChI=1S/C47H54F2N10O6/c1-26(47(50)17-14-31(15-18-47)64-20-4-6-28-5-3-7-37-41(28)56(2)46(63)59(37)38-12-13-39(60)54-45(38)62)27-8-10-30(11-9-27)58-24-36(40(55-58)42(48)49)53-44(61)34-23-51-57-19-16-35(52-43(34)57)33-22-32-21-29(33)25-65-32/h3,5,7,16,19,23-24,26-27,29-33,38,42H,8-15,17-18,20-22,25,50H2,1-2H3,(H,53,61)(H,54,60,62)/t26?,27?,29-,30?,31?,32?,33?,38?,47?/m1/s1. The number of piperidine rings is 1. The van der Waals surface area contributed by atoms with Crippen molar-refractivity contribution >= 4 is 40.1 Å². The van der Waals surface area contributed by atoms with Crippen LogP contribution in [0, 0.1) is 29.6 Å². The zero-order valence-corrected chi connectivity index (χ0v) is 36.6. The van der Waals surface area contributed by atoms with Gasteiger partial charge in [-0.25, -0.2) is 23.1 Å². The van der Waals surface area contributed by atoms with Crippen molar-refractivity contribution in [2.45, 2.75) is 126 Å². The molecule has 0 radical (unpaired) electrons. The van der Waals surface area contributed by atoms with Crippen molar-refractivity contribution in [3.05, 3.63) is 75.9 Å². The summed E-state index contributed by atoms with van der Waals surface area (Å²) >= 11 is 0. The van der Waals surface area contributed by atoms with Gasteiger partial charge in [0.25, 0.3) is 12.3 Å². The van der Waals surface area contributed by atoms with E-state index in [1.807, 2.05) is 12.1 Å². The van der Waals surface area contributed by atoms with Gasteiger partial charge >= 0.3 is 5.69 Å². The van der Waals surface area contributed by atoms with Crippen LogP contribution in [0.2, 0.25) is 0 Å². The molecule has 4 unspecified atom stereocenters. The predicted octanol–water partition coefficient (Wildman–Crippen LogP) is 5.72. The smallest absolute Gasteiger partial charge is 0.329 e. The van der Waals surface area contributed by atoms with Gasteiger partial charge in [0.2, 0.25) is 11.8 Å². The number of nitrogens with two attached hydrogens (primary N) is 1. The number of anilines is 1. The minimum absolute atomic E-state index is 0.0142. The number of amides is 3. The molecule has 5 fully saturated rings. The Morgan fingerprint density at radius 3 is 2.62 bits per heavy atom. The number of benzene rings is 1. The summed E-state index contributed by atoms with van der Waals surface area (Å²) in [5, 5.41) is 13.7. The second-order valence-corrected chi connectivity index (χ2v) is 18.9. The number of imidazole rings is 1. The molecular formula is C47H54F2N10O6. The molecule has 5 aliphatic rings. The number of ether oxygens (including phenoxy) is 2. The fourth-order valence-corrected chi connectivity index (χ4v) is 11.5. The third-order valence-electron chi connectivity index (χ3n) is 15.3. The molecule has 2 aliphatic heterocycles. The molecular weight excluding hydrogens is 839 g/mol. The molecule has 1 aromatic carbocycles. The molecule has 3 saturated carbocycles. The average Bonchev–Trinajstić information content (AvgIpc) is 4.16. The molecule has 2 bridgehead atoms. The lowest BCUT2D eigenvalue weighted by Crippen LogP contribution is -2.52. The van der Waals surface area contributed by atoms with Crippen LogP contribution in [-0.2, 0) is 26.1 Å². The highest BCUT2D eigenvalue weighted by Gasteiger charge is 2.43. The lowest BCUT2D eigenvalue weighted by atomic mass is 9.65. The van der Waals surface area contributed by atoms with Crippen LogP contribution in [0.4, 0.5) is 14.5 Å². The van der Waals surface area contributed by atoms with E-state index in [2.05, 4.69) is 39.6 Å². The maximum atomic E-state index is 14.4. The number of hydrogen-bond acceptors (Lipinski definition) is 10. The molecule has 342 valence electrons. The summed E-state index contributed by atoms with van der Waals surface area (Å²) in [5.41, 5.74) is 9.29. The van der Waals surface area contributed by atoms with Crippen molar-refractivity contribution in [1.82, 2.24) is 38.8 Å². The highest BCUT2D eigenvalue weighted by atomic mass is 19.3. The van der Waals surface area contributed by atoms with Gasteiger partial charge in [0.05, 0.1) is 53.3 Å². The third-order valence-corrected chi connectivity index (χ3v) is 15.3. The van der Waals surface area contributed by atoms with Crippen LogP contribution in [0.25, 0.3) is 16.7 Å². The van der Waals surface area contributed by atoms with Crippen LogP contribution in [0.15, 0.2) is 47.7 Å². The van der Waals surface area contributed by atoms with Crippen molar-refractivity contribution in [3.8, 4) is 11.8 Å². The summed E-state index contributed by atoms with van der Waals surface area (Å²) in [6.45, 7) is 3.16. The second-order valence-electron chi connectivity index (χ2n) is 18.9. The Hall–Kier alpha value is -5.77. The largest absolute Gasteiger partial charge is 0.378 e. The van der Waals surface area contributed by atoms with Crippen LogP contribution >= 0.6 is 0 Å². The SMILES string of the molecule is CC(C1CCC(n2cc(NC(=O)c3cnn4ccc(C5CC6C[C@@H]5CO6)nc34)c(C(F)F)n2)CC1)C1(N)CCC(OCC#Cc2cccc3c2n(C)c(=O)n3C2CCC(=O)NC2=O)CC1. The molecule has 18 heteroatoms. The van der Waals surface area contributed by atoms with E-state index in [1.54, 1.807) is 30.1 Å². The monoisotopic (exact) mass is 892 g/mol. The Morgan fingerprint density at radius 2 is 1.89 bits per heavy atom. The third kappa shape index (κ3) is 8.05. The first-order valence-corrected chi connectivity index (χ1v) is 22.9. The van der Waals surface area contributed by atoms with Crippen LogP contribution in [0.5, 0.6) is 0 Å². The van der Waals surface area contributed by atoms with Gasteiger partial charge in [-0.1, -0.05) is 24.8 Å². The summed E-state index contributed by atoms with van der Waals surface area (Å²) < 4.78 is 46.8. The van der Waals surface area contributed by atoms with E-state index in [1.165, 1.54) is 26.0 Å². The van der Waals surface area contributed by atoms with Crippen molar-refractivity contribution in [1.29, 1.82) is 0 Å². The summed E-state index contributed by atoms with van der Waals surface area (Å²) in [5.74, 6) is 6.16. The van der Waals surface area contributed by atoms with E-state index in [0.29, 0.717) is 40.7 Å². The summed E-state index contributed by atoms with van der Waals surface area (Å²) in [6, 6.07) is 6.49. The number of aryl methyl sites for hydroxylation is 1. The normalized spacial score (nSPS) is 28.4. The number of nitrogens with one attached hydrogen (secondary N) is 2. The number of fused-ring (bicyclic) bond motifs is 4.